The first-order valence-corrected chi connectivity index (χ1v) is 17.5. The molecule has 224 valence electrons. The molecule has 42 heavy (non-hydrogen) atoms. The van der Waals surface area contributed by atoms with Crippen molar-refractivity contribution in [3.63, 3.8) is 0 Å². The van der Waals surface area contributed by atoms with Gasteiger partial charge in [0.05, 0.1) is 26.1 Å². The molecule has 1 fully saturated rings. The molecule has 6 rings (SSSR count). The standard InChI is InChI=1S/C20H22FN9O8P2S2/c21-13-11-7-35-39(32,41)34-6-5-30-12(25-16(28-30)10-1-3-23-4-2-10)8-36-40(33,42)38-15(13)19(37-11)29-9-24-14-17(29)26-20(22)27-18(14)31/h1-4,9,11,13-15,19H,5-8H2,(H,32,41)(H,33,42)(H2,22,27,31)/t11-,13+,14?,15-,19-,39?,40?/m1/s1. The van der Waals surface area contributed by atoms with Crippen molar-refractivity contribution in [3.8, 4) is 11.4 Å². The molecule has 3 N–H and O–H groups in total. The van der Waals surface area contributed by atoms with Crippen LogP contribution >= 0.6 is 25.8 Å². The Labute approximate surface area is 246 Å². The van der Waals surface area contributed by atoms with Crippen molar-refractivity contribution < 1.29 is 41.5 Å². The van der Waals surface area contributed by atoms with E-state index in [1.165, 1.54) is 15.9 Å². The number of carbonyl (C=O) groups excluding carboxylic acids is 1. The number of aromatic nitrogens is 4. The molecule has 4 aliphatic rings. The zero-order valence-electron chi connectivity index (χ0n) is 21.2. The van der Waals surface area contributed by atoms with E-state index in [0.717, 1.165) is 0 Å². The van der Waals surface area contributed by atoms with E-state index >= 15 is 4.39 Å². The van der Waals surface area contributed by atoms with Crippen LogP contribution < -0.4 is 5.32 Å². The van der Waals surface area contributed by atoms with Crippen LogP contribution in [0.25, 0.3) is 11.4 Å². The summed E-state index contributed by atoms with van der Waals surface area (Å²) in [5, 5.41) is 14.4. The maximum atomic E-state index is 15.8. The number of amidine groups is 1. The van der Waals surface area contributed by atoms with Crippen LogP contribution in [0, 0.1) is 5.41 Å². The lowest BCUT2D eigenvalue weighted by Crippen LogP contribution is -2.53. The highest BCUT2D eigenvalue weighted by Gasteiger charge is 2.54. The van der Waals surface area contributed by atoms with Crippen LogP contribution in [0.5, 0.6) is 0 Å². The van der Waals surface area contributed by atoms with E-state index in [2.05, 4.69) is 42.6 Å². The first-order valence-electron chi connectivity index (χ1n) is 12.2. The summed E-state index contributed by atoms with van der Waals surface area (Å²) in [4.78, 5) is 40.5. The maximum Gasteiger partial charge on any atom is 0.387 e. The SMILES string of the molecule is N=C1N=C2C(N=CN2[C@@H]2O[C@@H]3COP(O)(=S)OCCn4nc(-c5ccncc5)nc4COP(=O)(S)O[C@@H]2[C@H]3F)C(=O)N1. The van der Waals surface area contributed by atoms with Crippen molar-refractivity contribution in [2.45, 2.75) is 43.8 Å². The molecule has 17 nitrogen and oxygen atoms in total. The number of guanidine groups is 1. The maximum absolute atomic E-state index is 15.8. The number of ether oxygens (including phenoxy) is 1. The highest BCUT2D eigenvalue weighted by molar-refractivity contribution is 8.44. The van der Waals surface area contributed by atoms with Gasteiger partial charge < -0.3 is 18.7 Å². The number of amides is 1. The van der Waals surface area contributed by atoms with Crippen LogP contribution in [0.15, 0.2) is 34.5 Å². The zero-order chi connectivity index (χ0) is 29.6. The Morgan fingerprint density at radius 1 is 1.26 bits per heavy atom. The number of hydrogen-bond acceptors (Lipinski definition) is 14. The van der Waals surface area contributed by atoms with Crippen LogP contribution in [0.2, 0.25) is 0 Å². The molecule has 2 bridgehead atoms. The van der Waals surface area contributed by atoms with Crippen LogP contribution in [-0.4, -0.2) is 97.4 Å². The number of aliphatic imine (C=N–C) groups is 2. The Bertz CT molecular complexity index is 1560. The van der Waals surface area contributed by atoms with Gasteiger partial charge in [0.2, 0.25) is 5.96 Å². The fourth-order valence-corrected chi connectivity index (χ4v) is 6.95. The average Bonchev–Trinajstić information content (AvgIpc) is 3.63. The van der Waals surface area contributed by atoms with Gasteiger partial charge >= 0.3 is 13.5 Å². The topological polar surface area (TPSA) is 208 Å². The number of hydrogen-bond donors (Lipinski definition) is 4. The number of fused-ring (bicyclic) bond motifs is 4. The summed E-state index contributed by atoms with van der Waals surface area (Å²) >= 11 is 9.14. The predicted molar refractivity (Wildman–Crippen MR) is 149 cm³/mol. The summed E-state index contributed by atoms with van der Waals surface area (Å²) in [6.07, 6.45) is -2.19. The van der Waals surface area contributed by atoms with E-state index in [1.807, 2.05) is 0 Å². The van der Waals surface area contributed by atoms with Crippen molar-refractivity contribution >= 4 is 61.6 Å². The van der Waals surface area contributed by atoms with Gasteiger partial charge in [-0.25, -0.2) is 18.6 Å². The van der Waals surface area contributed by atoms with Crippen LogP contribution in [0.1, 0.15) is 5.82 Å². The zero-order valence-corrected chi connectivity index (χ0v) is 24.7. The van der Waals surface area contributed by atoms with Gasteiger partial charge in [-0.2, -0.15) is 10.1 Å². The first-order chi connectivity index (χ1) is 20.0. The van der Waals surface area contributed by atoms with Gasteiger partial charge in [0, 0.05) is 18.0 Å². The van der Waals surface area contributed by atoms with Crippen LogP contribution in [-0.2, 0) is 57.1 Å². The van der Waals surface area contributed by atoms with E-state index < -0.39 is 69.2 Å². The molecule has 7 atom stereocenters. The normalized spacial score (nSPS) is 35.5. The van der Waals surface area contributed by atoms with Gasteiger partial charge in [0.15, 0.2) is 35.9 Å². The summed E-state index contributed by atoms with van der Waals surface area (Å²) in [5.74, 6) is -0.627. The van der Waals surface area contributed by atoms with Gasteiger partial charge in [-0.3, -0.25) is 39.4 Å². The molecule has 0 spiro atoms. The second kappa shape index (κ2) is 11.5. The molecule has 4 aliphatic heterocycles. The third-order valence-electron chi connectivity index (χ3n) is 6.36. The van der Waals surface area contributed by atoms with Crippen molar-refractivity contribution in [2.24, 2.45) is 9.98 Å². The molecule has 1 saturated heterocycles. The first kappa shape index (κ1) is 29.6. The monoisotopic (exact) mass is 661 g/mol. The molecular formula is C20H22FN9O8P2S2. The van der Waals surface area contributed by atoms with Crippen molar-refractivity contribution in [2.75, 3.05) is 13.2 Å². The number of rotatable bonds is 2. The molecule has 1 amide bonds. The Morgan fingerprint density at radius 2 is 2.05 bits per heavy atom. The van der Waals surface area contributed by atoms with E-state index in [1.54, 1.807) is 24.5 Å². The molecular weight excluding hydrogens is 639 g/mol. The number of thiol groups is 1. The van der Waals surface area contributed by atoms with Gasteiger partial charge in [-0.1, -0.05) is 12.2 Å². The largest absolute Gasteiger partial charge is 0.387 e. The van der Waals surface area contributed by atoms with Crippen molar-refractivity contribution in [1.82, 2.24) is 30.0 Å². The van der Waals surface area contributed by atoms with E-state index in [9.17, 15) is 14.3 Å². The van der Waals surface area contributed by atoms with Gasteiger partial charge in [0.25, 0.3) is 5.91 Å². The summed E-state index contributed by atoms with van der Waals surface area (Å²) < 4.78 is 58.3. The lowest BCUT2D eigenvalue weighted by Gasteiger charge is -2.30. The number of pyridine rings is 1. The molecule has 2 aromatic rings. The Balaban J connectivity index is 1.31. The minimum absolute atomic E-state index is 0.0345. The van der Waals surface area contributed by atoms with Crippen molar-refractivity contribution in [1.29, 1.82) is 5.41 Å². The Hall–Kier alpha value is -2.51. The molecule has 22 heteroatoms. The quantitative estimate of drug-likeness (QED) is 0.260. The second-order valence-electron chi connectivity index (χ2n) is 9.11. The summed E-state index contributed by atoms with van der Waals surface area (Å²) in [7, 11) is 0. The second-order valence-corrected chi connectivity index (χ2v) is 14.8. The number of nitrogens with one attached hydrogen (secondary N) is 2. The third-order valence-corrected chi connectivity index (χ3v) is 9.57. The number of halogens is 1. The molecule has 0 aromatic carbocycles. The number of alkyl halides is 1. The van der Waals surface area contributed by atoms with E-state index in [0.29, 0.717) is 11.4 Å². The van der Waals surface area contributed by atoms with Crippen LogP contribution in [0.4, 0.5) is 4.39 Å². The fraction of sp³-hybridized carbons (Fsp3) is 0.450. The fourth-order valence-electron chi connectivity index (χ4n) is 4.45. The smallest absolute Gasteiger partial charge is 0.346 e. The van der Waals surface area contributed by atoms with Gasteiger partial charge in [0.1, 0.15) is 18.8 Å². The molecule has 0 radical (unpaired) electrons. The minimum atomic E-state index is -4.32. The molecule has 2 aromatic heterocycles. The lowest BCUT2D eigenvalue weighted by molar-refractivity contribution is -0.119. The number of nitrogens with zero attached hydrogens (tertiary/aromatic N) is 7. The van der Waals surface area contributed by atoms with Crippen molar-refractivity contribution in [3.05, 3.63) is 30.4 Å². The van der Waals surface area contributed by atoms with Gasteiger partial charge in [-0.15, -0.1) is 0 Å². The highest BCUT2D eigenvalue weighted by atomic mass is 32.7. The summed E-state index contributed by atoms with van der Waals surface area (Å²) in [5.41, 5.74) is 0.636. The average molecular weight is 662 g/mol. The minimum Gasteiger partial charge on any atom is -0.346 e. The lowest BCUT2D eigenvalue weighted by atomic mass is 10.1. The molecule has 3 unspecified atom stereocenters. The third kappa shape index (κ3) is 6.10. The number of carbonyl (C=O) groups is 1. The van der Waals surface area contributed by atoms with E-state index in [-0.39, 0.29) is 24.8 Å². The van der Waals surface area contributed by atoms with Gasteiger partial charge in [-0.05, 0) is 23.9 Å². The molecule has 0 saturated carbocycles. The Kier molecular flexibility index (Phi) is 8.12. The highest BCUT2D eigenvalue weighted by Crippen LogP contribution is 2.57. The summed E-state index contributed by atoms with van der Waals surface area (Å²) in [6, 6.07) is 2.26. The Morgan fingerprint density at radius 3 is 2.83 bits per heavy atom. The molecule has 0 aliphatic carbocycles. The molecule has 6 heterocycles. The summed E-state index contributed by atoms with van der Waals surface area (Å²) in [6.45, 7) is -9.30. The van der Waals surface area contributed by atoms with Crippen LogP contribution in [0.3, 0.4) is 0 Å². The predicted octanol–water partition coefficient (Wildman–Crippen LogP) is 0.782. The van der Waals surface area contributed by atoms with E-state index in [4.69, 9.17) is 40.0 Å².